The molecule has 2 aromatic rings. The van der Waals surface area contributed by atoms with Gasteiger partial charge in [-0.15, -0.1) is 0 Å². The molecule has 2 N–H and O–H groups in total. The summed E-state index contributed by atoms with van der Waals surface area (Å²) in [6.07, 6.45) is 0. The third-order valence-corrected chi connectivity index (χ3v) is 4.60. The number of nitrogens with zero attached hydrogens (tertiary/aromatic N) is 2. The summed E-state index contributed by atoms with van der Waals surface area (Å²) in [7, 11) is 0. The Hall–Kier alpha value is -2.37. The van der Waals surface area contributed by atoms with Crippen molar-refractivity contribution in [3.63, 3.8) is 0 Å². The Balaban J connectivity index is 1.61. The molecule has 130 valence electrons. The quantitative estimate of drug-likeness (QED) is 0.917. The lowest BCUT2D eigenvalue weighted by Crippen LogP contribution is -2.50. The number of amides is 2. The Morgan fingerprint density at radius 2 is 1.44 bits per heavy atom. The maximum absolute atomic E-state index is 12.6. The van der Waals surface area contributed by atoms with Crippen LogP contribution in [0.25, 0.3) is 0 Å². The molecule has 0 atom stereocenters. The smallest absolute Gasteiger partial charge is 0.254 e. The molecule has 1 aliphatic heterocycles. The molecule has 3 rings (SSSR count). The molecule has 0 aliphatic carbocycles. The van der Waals surface area contributed by atoms with E-state index in [4.69, 9.17) is 17.3 Å². The highest BCUT2D eigenvalue weighted by molar-refractivity contribution is 6.30. The SMILES string of the molecule is NCc1ccc(C(=O)N2CCN(C(=O)c3cccc(Cl)c3)CC2)cc1. The molecule has 1 heterocycles. The van der Waals surface area contributed by atoms with Crippen molar-refractivity contribution in [2.45, 2.75) is 6.54 Å². The average Bonchev–Trinajstić information content (AvgIpc) is 2.67. The first-order chi connectivity index (χ1) is 12.1. The van der Waals surface area contributed by atoms with Gasteiger partial charge in [-0.05, 0) is 35.9 Å². The van der Waals surface area contributed by atoms with Gasteiger partial charge >= 0.3 is 0 Å². The van der Waals surface area contributed by atoms with Crippen molar-refractivity contribution in [3.05, 3.63) is 70.2 Å². The molecule has 5 nitrogen and oxygen atoms in total. The van der Waals surface area contributed by atoms with Gasteiger partial charge in [0.05, 0.1) is 0 Å². The highest BCUT2D eigenvalue weighted by Crippen LogP contribution is 2.15. The standard InChI is InChI=1S/C19H20ClN3O2/c20-17-3-1-2-16(12-17)19(25)23-10-8-22(9-11-23)18(24)15-6-4-14(13-21)5-7-15/h1-7,12H,8-11,13,21H2. The minimum atomic E-state index is -0.0538. The van der Waals surface area contributed by atoms with Crippen LogP contribution in [0.3, 0.4) is 0 Å². The Labute approximate surface area is 152 Å². The monoisotopic (exact) mass is 357 g/mol. The number of benzene rings is 2. The fraction of sp³-hybridized carbons (Fsp3) is 0.263. The molecular weight excluding hydrogens is 338 g/mol. The maximum atomic E-state index is 12.6. The Bertz CT molecular complexity index is 768. The zero-order valence-corrected chi connectivity index (χ0v) is 14.6. The Morgan fingerprint density at radius 3 is 1.96 bits per heavy atom. The number of piperazine rings is 1. The van der Waals surface area contributed by atoms with Crippen molar-refractivity contribution in [1.82, 2.24) is 9.80 Å². The van der Waals surface area contributed by atoms with E-state index in [0.29, 0.717) is 48.9 Å². The summed E-state index contributed by atoms with van der Waals surface area (Å²) in [6, 6.07) is 14.3. The van der Waals surface area contributed by atoms with Gasteiger partial charge in [-0.25, -0.2) is 0 Å². The van der Waals surface area contributed by atoms with Gasteiger partial charge in [-0.3, -0.25) is 9.59 Å². The molecule has 0 saturated carbocycles. The molecule has 1 fully saturated rings. The fourth-order valence-corrected chi connectivity index (χ4v) is 3.07. The van der Waals surface area contributed by atoms with Gasteiger partial charge in [0, 0.05) is 48.9 Å². The van der Waals surface area contributed by atoms with E-state index >= 15 is 0 Å². The van der Waals surface area contributed by atoms with Gasteiger partial charge in [0.25, 0.3) is 11.8 Å². The average molecular weight is 358 g/mol. The van der Waals surface area contributed by atoms with E-state index in [-0.39, 0.29) is 11.8 Å². The number of halogens is 1. The number of hydrogen-bond donors (Lipinski definition) is 1. The number of carbonyl (C=O) groups is 2. The van der Waals surface area contributed by atoms with E-state index in [1.165, 1.54) is 0 Å². The summed E-state index contributed by atoms with van der Waals surface area (Å²) < 4.78 is 0. The summed E-state index contributed by atoms with van der Waals surface area (Å²) in [6.45, 7) is 2.52. The molecular formula is C19H20ClN3O2. The predicted octanol–water partition coefficient (Wildman–Crippen LogP) is 2.40. The lowest BCUT2D eigenvalue weighted by atomic mass is 10.1. The Morgan fingerprint density at radius 1 is 0.880 bits per heavy atom. The van der Waals surface area contributed by atoms with Gasteiger partial charge in [0.15, 0.2) is 0 Å². The number of nitrogens with two attached hydrogens (primary N) is 1. The van der Waals surface area contributed by atoms with Crippen LogP contribution < -0.4 is 5.73 Å². The highest BCUT2D eigenvalue weighted by atomic mass is 35.5. The third kappa shape index (κ3) is 4.00. The first-order valence-electron chi connectivity index (χ1n) is 8.21. The van der Waals surface area contributed by atoms with Crippen LogP contribution in [0.15, 0.2) is 48.5 Å². The fourth-order valence-electron chi connectivity index (χ4n) is 2.88. The van der Waals surface area contributed by atoms with Crippen LogP contribution in [0.5, 0.6) is 0 Å². The van der Waals surface area contributed by atoms with Crippen LogP contribution in [-0.4, -0.2) is 47.8 Å². The van der Waals surface area contributed by atoms with Crippen molar-refractivity contribution < 1.29 is 9.59 Å². The van der Waals surface area contributed by atoms with E-state index in [9.17, 15) is 9.59 Å². The molecule has 1 aliphatic rings. The normalized spacial score (nSPS) is 14.5. The molecule has 25 heavy (non-hydrogen) atoms. The van der Waals surface area contributed by atoms with Crippen LogP contribution in [0, 0.1) is 0 Å². The highest BCUT2D eigenvalue weighted by Gasteiger charge is 2.25. The lowest BCUT2D eigenvalue weighted by Gasteiger charge is -2.35. The molecule has 2 amide bonds. The molecule has 0 spiro atoms. The molecule has 1 saturated heterocycles. The van der Waals surface area contributed by atoms with Crippen molar-refractivity contribution in [1.29, 1.82) is 0 Å². The van der Waals surface area contributed by atoms with E-state index in [2.05, 4.69) is 0 Å². The zero-order chi connectivity index (χ0) is 17.8. The van der Waals surface area contributed by atoms with Crippen LogP contribution >= 0.6 is 11.6 Å². The van der Waals surface area contributed by atoms with E-state index in [0.717, 1.165) is 5.56 Å². The van der Waals surface area contributed by atoms with E-state index in [1.807, 2.05) is 12.1 Å². The number of rotatable bonds is 3. The predicted molar refractivity (Wildman–Crippen MR) is 97.6 cm³/mol. The third-order valence-electron chi connectivity index (χ3n) is 4.36. The van der Waals surface area contributed by atoms with Crippen LogP contribution in [-0.2, 0) is 6.54 Å². The summed E-state index contributed by atoms with van der Waals surface area (Å²) >= 11 is 5.95. The molecule has 2 aromatic carbocycles. The summed E-state index contributed by atoms with van der Waals surface area (Å²) in [5.41, 5.74) is 7.79. The number of hydrogen-bond acceptors (Lipinski definition) is 3. The van der Waals surface area contributed by atoms with Gasteiger partial charge in [-0.1, -0.05) is 29.8 Å². The molecule has 6 heteroatoms. The van der Waals surface area contributed by atoms with Gasteiger partial charge in [-0.2, -0.15) is 0 Å². The zero-order valence-electron chi connectivity index (χ0n) is 13.8. The second-order valence-electron chi connectivity index (χ2n) is 6.00. The molecule has 0 radical (unpaired) electrons. The first-order valence-corrected chi connectivity index (χ1v) is 8.59. The van der Waals surface area contributed by atoms with Gasteiger partial charge in [0.1, 0.15) is 0 Å². The first kappa shape index (κ1) is 17.5. The topological polar surface area (TPSA) is 66.6 Å². The largest absolute Gasteiger partial charge is 0.335 e. The summed E-state index contributed by atoms with van der Waals surface area (Å²) in [4.78, 5) is 28.6. The maximum Gasteiger partial charge on any atom is 0.254 e. The van der Waals surface area contributed by atoms with Crippen LogP contribution in [0.2, 0.25) is 5.02 Å². The minimum Gasteiger partial charge on any atom is -0.335 e. The molecule has 0 aromatic heterocycles. The minimum absolute atomic E-state index is 0.0153. The summed E-state index contributed by atoms with van der Waals surface area (Å²) in [5.74, 6) is -0.0691. The van der Waals surface area contributed by atoms with Gasteiger partial charge < -0.3 is 15.5 Å². The molecule has 0 unspecified atom stereocenters. The second kappa shape index (κ2) is 7.68. The van der Waals surface area contributed by atoms with E-state index in [1.54, 1.807) is 46.2 Å². The van der Waals surface area contributed by atoms with Crippen molar-refractivity contribution in [2.75, 3.05) is 26.2 Å². The van der Waals surface area contributed by atoms with Crippen molar-refractivity contribution >= 4 is 23.4 Å². The Kier molecular flexibility index (Phi) is 5.36. The summed E-state index contributed by atoms with van der Waals surface area (Å²) in [5, 5.41) is 0.542. The van der Waals surface area contributed by atoms with Gasteiger partial charge in [0.2, 0.25) is 0 Å². The van der Waals surface area contributed by atoms with E-state index < -0.39 is 0 Å². The van der Waals surface area contributed by atoms with Crippen molar-refractivity contribution in [2.24, 2.45) is 5.73 Å². The number of carbonyl (C=O) groups excluding carboxylic acids is 2. The molecule has 0 bridgehead atoms. The van der Waals surface area contributed by atoms with Crippen molar-refractivity contribution in [3.8, 4) is 0 Å². The second-order valence-corrected chi connectivity index (χ2v) is 6.43. The lowest BCUT2D eigenvalue weighted by molar-refractivity contribution is 0.0535. The van der Waals surface area contributed by atoms with Crippen LogP contribution in [0.4, 0.5) is 0 Å². The van der Waals surface area contributed by atoms with Crippen LogP contribution in [0.1, 0.15) is 26.3 Å².